The van der Waals surface area contributed by atoms with Gasteiger partial charge in [-0.1, -0.05) is 11.2 Å². The molecule has 1 aliphatic rings. The zero-order valence-corrected chi connectivity index (χ0v) is 16.2. The van der Waals surface area contributed by atoms with E-state index in [2.05, 4.69) is 14.9 Å². The number of carbonyl (C=O) groups is 1. The van der Waals surface area contributed by atoms with Crippen molar-refractivity contribution < 1.29 is 42.1 Å². The van der Waals surface area contributed by atoms with Crippen molar-refractivity contribution in [2.24, 2.45) is 5.16 Å². The Morgan fingerprint density at radius 3 is 2.74 bits per heavy atom. The van der Waals surface area contributed by atoms with Crippen LogP contribution in [0.1, 0.15) is 35.3 Å². The van der Waals surface area contributed by atoms with Gasteiger partial charge in [0.1, 0.15) is 23.8 Å². The molecule has 0 saturated carbocycles. The van der Waals surface area contributed by atoms with Gasteiger partial charge in [-0.15, -0.1) is 13.2 Å². The predicted octanol–water partition coefficient (Wildman–Crippen LogP) is 4.00. The maximum Gasteiger partial charge on any atom is 0.573 e. The minimum absolute atomic E-state index is 0.0211. The molecule has 1 aromatic heterocycles. The highest BCUT2D eigenvalue weighted by Crippen LogP contribution is 2.26. The number of aromatic nitrogens is 1. The summed E-state index contributed by atoms with van der Waals surface area (Å²) in [6.07, 6.45) is -1.64. The average molecular weight is 440 g/mol. The molecule has 1 atom stereocenters. The molecule has 11 heteroatoms. The molecule has 1 fully saturated rings. The Kier molecular flexibility index (Phi) is 7.29. The second-order valence-corrected chi connectivity index (χ2v) is 6.49. The van der Waals surface area contributed by atoms with Gasteiger partial charge in [0.2, 0.25) is 6.29 Å². The number of carboxylic acids is 1. The van der Waals surface area contributed by atoms with Gasteiger partial charge in [0.15, 0.2) is 0 Å². The number of nitrogens with zero attached hydrogens (tertiary/aromatic N) is 2. The van der Waals surface area contributed by atoms with Crippen LogP contribution in [0.25, 0.3) is 0 Å². The number of pyridine rings is 1. The van der Waals surface area contributed by atoms with E-state index in [1.165, 1.54) is 30.5 Å². The number of ether oxygens (including phenoxy) is 3. The number of hydrogen-bond donors (Lipinski definition) is 1. The van der Waals surface area contributed by atoms with Gasteiger partial charge in [-0.3, -0.25) is 4.98 Å². The van der Waals surface area contributed by atoms with E-state index < -0.39 is 24.4 Å². The van der Waals surface area contributed by atoms with E-state index in [4.69, 9.17) is 14.3 Å². The molecular weight excluding hydrogens is 421 g/mol. The Balaban J connectivity index is 1.77. The molecule has 2 heterocycles. The molecule has 0 spiro atoms. The van der Waals surface area contributed by atoms with Crippen molar-refractivity contribution in [3.8, 4) is 11.5 Å². The first-order chi connectivity index (χ1) is 14.8. The van der Waals surface area contributed by atoms with Gasteiger partial charge in [-0.05, 0) is 37.1 Å². The highest BCUT2D eigenvalue weighted by Gasteiger charge is 2.31. The molecule has 31 heavy (non-hydrogen) atoms. The Labute approximate surface area is 175 Å². The zero-order valence-electron chi connectivity index (χ0n) is 16.2. The minimum Gasteiger partial charge on any atom is -0.487 e. The minimum atomic E-state index is -4.83. The number of alkyl halides is 3. The molecule has 2 aromatic rings. The van der Waals surface area contributed by atoms with Crippen LogP contribution in [0.4, 0.5) is 13.2 Å². The second-order valence-electron chi connectivity index (χ2n) is 6.49. The van der Waals surface area contributed by atoms with Crippen molar-refractivity contribution in [2.75, 3.05) is 13.2 Å². The molecule has 1 aromatic carbocycles. The quantitative estimate of drug-likeness (QED) is 0.489. The Morgan fingerprint density at radius 1 is 1.23 bits per heavy atom. The summed E-state index contributed by atoms with van der Waals surface area (Å²) in [5.41, 5.74) is 0.296. The molecule has 0 bridgehead atoms. The van der Waals surface area contributed by atoms with Crippen LogP contribution in [0, 0.1) is 0 Å². The summed E-state index contributed by atoms with van der Waals surface area (Å²) in [6.45, 7) is 0.281. The summed E-state index contributed by atoms with van der Waals surface area (Å²) in [4.78, 5) is 20.8. The molecule has 0 amide bonds. The maximum atomic E-state index is 12.4. The lowest BCUT2D eigenvalue weighted by atomic mass is 10.2. The Bertz CT molecular complexity index is 929. The van der Waals surface area contributed by atoms with E-state index in [9.17, 15) is 23.1 Å². The summed E-state index contributed by atoms with van der Waals surface area (Å²) < 4.78 is 52.1. The van der Waals surface area contributed by atoms with Crippen LogP contribution in [0.15, 0.2) is 47.8 Å². The molecule has 0 radical (unpaired) electrons. The number of halogens is 3. The predicted molar refractivity (Wildman–Crippen MR) is 101 cm³/mol. The fraction of sp³-hybridized carbons (Fsp3) is 0.350. The number of benzene rings is 1. The van der Waals surface area contributed by atoms with E-state index in [0.717, 1.165) is 25.0 Å². The van der Waals surface area contributed by atoms with Crippen molar-refractivity contribution in [3.63, 3.8) is 0 Å². The standard InChI is InChI=1S/C20H19F3N2O6/c21-20(22,23)30-15-5-3-4-14(11-15)29-12-17(25-31-18-6-1-2-9-28-18)16-10-13(19(26)27)7-8-24-16/h3-5,7-8,10-11,18H,1-2,6,9,12H2,(H,26,27)/b25-17+. The molecule has 8 nitrogen and oxygen atoms in total. The molecular formula is C20H19F3N2O6. The summed E-state index contributed by atoms with van der Waals surface area (Å²) in [5.74, 6) is -1.52. The first-order valence-corrected chi connectivity index (χ1v) is 9.33. The fourth-order valence-electron chi connectivity index (χ4n) is 2.70. The van der Waals surface area contributed by atoms with Crippen molar-refractivity contribution in [3.05, 3.63) is 53.9 Å². The fourth-order valence-corrected chi connectivity index (χ4v) is 2.70. The van der Waals surface area contributed by atoms with E-state index in [0.29, 0.717) is 13.0 Å². The largest absolute Gasteiger partial charge is 0.573 e. The van der Waals surface area contributed by atoms with Crippen LogP contribution >= 0.6 is 0 Å². The maximum absolute atomic E-state index is 12.4. The lowest BCUT2D eigenvalue weighted by Gasteiger charge is -2.20. The number of hydrogen-bond acceptors (Lipinski definition) is 7. The molecule has 1 saturated heterocycles. The van der Waals surface area contributed by atoms with E-state index in [-0.39, 0.29) is 29.3 Å². The van der Waals surface area contributed by atoms with Crippen LogP contribution < -0.4 is 9.47 Å². The van der Waals surface area contributed by atoms with Crippen molar-refractivity contribution >= 4 is 11.7 Å². The number of rotatable bonds is 8. The average Bonchev–Trinajstić information content (AvgIpc) is 2.73. The van der Waals surface area contributed by atoms with Gasteiger partial charge in [0.05, 0.1) is 17.9 Å². The van der Waals surface area contributed by atoms with Gasteiger partial charge in [-0.25, -0.2) is 4.79 Å². The highest BCUT2D eigenvalue weighted by molar-refractivity contribution is 6.01. The summed E-state index contributed by atoms with van der Waals surface area (Å²) >= 11 is 0. The molecule has 166 valence electrons. The van der Waals surface area contributed by atoms with Crippen LogP contribution in [-0.2, 0) is 9.57 Å². The lowest BCUT2D eigenvalue weighted by molar-refractivity contribution is -0.274. The highest BCUT2D eigenvalue weighted by atomic mass is 19.4. The van der Waals surface area contributed by atoms with Gasteiger partial charge >= 0.3 is 12.3 Å². The number of aromatic carboxylic acids is 1. The third-order valence-corrected chi connectivity index (χ3v) is 4.14. The zero-order chi connectivity index (χ0) is 22.3. The lowest BCUT2D eigenvalue weighted by Crippen LogP contribution is -2.22. The first-order valence-electron chi connectivity index (χ1n) is 9.33. The van der Waals surface area contributed by atoms with Crippen LogP contribution in [-0.4, -0.2) is 47.6 Å². The Hall–Kier alpha value is -3.34. The van der Waals surface area contributed by atoms with Gasteiger partial charge in [0, 0.05) is 18.7 Å². The third-order valence-electron chi connectivity index (χ3n) is 4.14. The molecule has 0 aliphatic carbocycles. The first kappa shape index (κ1) is 22.3. The Morgan fingerprint density at radius 2 is 2.03 bits per heavy atom. The van der Waals surface area contributed by atoms with Crippen LogP contribution in [0.3, 0.4) is 0 Å². The molecule has 3 rings (SSSR count). The number of carboxylic acid groups (broad SMARTS) is 1. The number of oxime groups is 1. The smallest absolute Gasteiger partial charge is 0.487 e. The molecule has 1 unspecified atom stereocenters. The van der Waals surface area contributed by atoms with E-state index in [1.54, 1.807) is 0 Å². The normalized spacial score (nSPS) is 17.1. The van der Waals surface area contributed by atoms with Gasteiger partial charge in [-0.2, -0.15) is 0 Å². The monoisotopic (exact) mass is 440 g/mol. The second kappa shape index (κ2) is 10.1. The van der Waals surface area contributed by atoms with E-state index >= 15 is 0 Å². The summed E-state index contributed by atoms with van der Waals surface area (Å²) in [7, 11) is 0. The SMILES string of the molecule is O=C(O)c1ccnc(/C(COc2cccc(OC(F)(F)F)c2)=N/OC2CCCCO2)c1. The van der Waals surface area contributed by atoms with Gasteiger partial charge in [0.25, 0.3) is 0 Å². The van der Waals surface area contributed by atoms with E-state index in [1.807, 2.05) is 0 Å². The van der Waals surface area contributed by atoms with Gasteiger partial charge < -0.3 is 24.2 Å². The summed E-state index contributed by atoms with van der Waals surface area (Å²) in [6, 6.07) is 7.58. The van der Waals surface area contributed by atoms with Crippen molar-refractivity contribution in [2.45, 2.75) is 31.9 Å². The molecule has 1 N–H and O–H groups in total. The topological polar surface area (TPSA) is 99.5 Å². The van der Waals surface area contributed by atoms with Crippen LogP contribution in [0.5, 0.6) is 11.5 Å². The third kappa shape index (κ3) is 7.14. The summed E-state index contributed by atoms with van der Waals surface area (Å²) in [5, 5.41) is 13.2. The van der Waals surface area contributed by atoms with Crippen molar-refractivity contribution in [1.82, 2.24) is 4.98 Å². The van der Waals surface area contributed by atoms with Crippen molar-refractivity contribution in [1.29, 1.82) is 0 Å². The van der Waals surface area contributed by atoms with Crippen LogP contribution in [0.2, 0.25) is 0 Å². The molecule has 1 aliphatic heterocycles.